The van der Waals surface area contributed by atoms with E-state index < -0.39 is 28.1 Å². The summed E-state index contributed by atoms with van der Waals surface area (Å²) in [6.45, 7) is 3.01. The number of carbonyl (C=O) groups is 2. The predicted molar refractivity (Wildman–Crippen MR) is 97.6 cm³/mol. The number of amides is 2. The van der Waals surface area contributed by atoms with Crippen LogP contribution in [-0.4, -0.2) is 69.0 Å². The zero-order chi connectivity index (χ0) is 19.2. The molecule has 1 saturated heterocycles. The van der Waals surface area contributed by atoms with Crippen LogP contribution in [0.2, 0.25) is 0 Å². The summed E-state index contributed by atoms with van der Waals surface area (Å²) < 4.78 is 30.6. The number of ether oxygens (including phenoxy) is 1. The van der Waals surface area contributed by atoms with E-state index in [1.165, 1.54) is 16.8 Å². The number of hydrogen-bond donors (Lipinski definition) is 1. The fraction of sp³-hybridized carbons (Fsp3) is 0.412. The zero-order valence-electron chi connectivity index (χ0n) is 14.8. The predicted octanol–water partition coefficient (Wildman–Crippen LogP) is 0.876. The van der Waals surface area contributed by atoms with Crippen LogP contribution in [-0.2, 0) is 19.6 Å². The second-order valence-corrected chi connectivity index (χ2v) is 7.67. The molecule has 0 spiro atoms. The van der Waals surface area contributed by atoms with E-state index in [-0.39, 0.29) is 13.1 Å². The maximum atomic E-state index is 12.4. The van der Waals surface area contributed by atoms with Crippen molar-refractivity contribution in [1.29, 1.82) is 0 Å². The van der Waals surface area contributed by atoms with E-state index in [9.17, 15) is 18.0 Å². The molecule has 142 valence electrons. The number of benzene rings is 1. The fourth-order valence-electron chi connectivity index (χ4n) is 2.58. The number of sulfonamides is 1. The highest BCUT2D eigenvalue weighted by Crippen LogP contribution is 2.13. The lowest BCUT2D eigenvalue weighted by Crippen LogP contribution is -2.55. The number of rotatable bonds is 5. The van der Waals surface area contributed by atoms with Crippen LogP contribution in [0.15, 0.2) is 35.7 Å². The zero-order valence-corrected chi connectivity index (χ0v) is 15.6. The molecule has 2 amide bonds. The van der Waals surface area contributed by atoms with Crippen LogP contribution >= 0.6 is 0 Å². The number of piperazine rings is 1. The van der Waals surface area contributed by atoms with Crippen molar-refractivity contribution in [2.75, 3.05) is 33.3 Å². The monoisotopic (exact) mass is 381 g/mol. The summed E-state index contributed by atoms with van der Waals surface area (Å²) in [5.41, 5.74) is 0.808. The average Bonchev–Trinajstić information content (AvgIpc) is 2.66. The number of imide groups is 1. The molecule has 0 aliphatic carbocycles. The SMILES string of the molecule is COC(=O)NC(=O)[C@H](C)N1CCN(S(=O)(=O)/C=C/c2ccccc2)CC1. The molecule has 2 rings (SSSR count). The minimum atomic E-state index is -3.52. The molecule has 1 aliphatic heterocycles. The summed E-state index contributed by atoms with van der Waals surface area (Å²) in [5, 5.41) is 3.32. The standard InChI is InChI=1S/C17H23N3O5S/c1-14(16(21)18-17(22)25-2)19-9-11-20(12-10-19)26(23,24)13-8-15-6-4-3-5-7-15/h3-8,13-14H,9-12H2,1-2H3,(H,18,21,22)/b13-8+/t14-/m0/s1. The Bertz CT molecular complexity index is 756. The third kappa shape index (κ3) is 5.38. The van der Waals surface area contributed by atoms with Crippen LogP contribution in [0.3, 0.4) is 0 Å². The summed E-state index contributed by atoms with van der Waals surface area (Å²) in [7, 11) is -2.34. The van der Waals surface area contributed by atoms with Gasteiger partial charge in [0.1, 0.15) is 0 Å². The van der Waals surface area contributed by atoms with Gasteiger partial charge in [-0.25, -0.2) is 13.2 Å². The van der Waals surface area contributed by atoms with Gasteiger partial charge < -0.3 is 4.74 Å². The fourth-order valence-corrected chi connectivity index (χ4v) is 3.76. The summed E-state index contributed by atoms with van der Waals surface area (Å²) in [6, 6.07) is 8.64. The van der Waals surface area contributed by atoms with Gasteiger partial charge in [0.05, 0.1) is 13.2 Å². The molecule has 0 bridgehead atoms. The highest BCUT2D eigenvalue weighted by Gasteiger charge is 2.30. The summed E-state index contributed by atoms with van der Waals surface area (Å²) >= 11 is 0. The van der Waals surface area contributed by atoms with Crippen LogP contribution in [0.5, 0.6) is 0 Å². The van der Waals surface area contributed by atoms with Gasteiger partial charge in [-0.3, -0.25) is 15.0 Å². The number of alkyl carbamates (subject to hydrolysis) is 1. The minimum absolute atomic E-state index is 0.275. The molecule has 1 aromatic rings. The number of nitrogens with one attached hydrogen (secondary N) is 1. The van der Waals surface area contributed by atoms with Crippen molar-refractivity contribution in [3.05, 3.63) is 41.3 Å². The maximum Gasteiger partial charge on any atom is 0.413 e. The summed E-state index contributed by atoms with van der Waals surface area (Å²) in [5.74, 6) is -0.475. The molecule has 26 heavy (non-hydrogen) atoms. The second kappa shape index (κ2) is 8.93. The third-order valence-corrected chi connectivity index (χ3v) is 5.77. The van der Waals surface area contributed by atoms with Crippen molar-refractivity contribution in [3.63, 3.8) is 0 Å². The molecule has 8 nitrogen and oxygen atoms in total. The normalized spacial score (nSPS) is 17.8. The molecule has 0 saturated carbocycles. The summed E-state index contributed by atoms with van der Waals surface area (Å²) in [4.78, 5) is 24.9. The van der Waals surface area contributed by atoms with Crippen LogP contribution in [0.1, 0.15) is 12.5 Å². The largest absolute Gasteiger partial charge is 0.453 e. The molecular formula is C17H23N3O5S. The van der Waals surface area contributed by atoms with E-state index in [1.807, 2.05) is 35.2 Å². The van der Waals surface area contributed by atoms with Crippen LogP contribution in [0.4, 0.5) is 4.79 Å². The minimum Gasteiger partial charge on any atom is -0.453 e. The van der Waals surface area contributed by atoms with E-state index in [0.29, 0.717) is 13.1 Å². The first-order chi connectivity index (χ1) is 12.3. The second-order valence-electron chi connectivity index (χ2n) is 5.85. The Morgan fingerprint density at radius 1 is 1.15 bits per heavy atom. The van der Waals surface area contributed by atoms with Gasteiger partial charge in [-0.05, 0) is 18.6 Å². The summed E-state index contributed by atoms with van der Waals surface area (Å²) in [6.07, 6.45) is 0.753. The smallest absolute Gasteiger partial charge is 0.413 e. The Hall–Kier alpha value is -2.23. The molecule has 0 aromatic heterocycles. The molecule has 0 radical (unpaired) electrons. The third-order valence-electron chi connectivity index (χ3n) is 4.20. The van der Waals surface area contributed by atoms with Gasteiger partial charge in [0.2, 0.25) is 15.9 Å². The topological polar surface area (TPSA) is 96.0 Å². The van der Waals surface area contributed by atoms with Crippen molar-refractivity contribution < 1.29 is 22.7 Å². The van der Waals surface area contributed by atoms with Crippen molar-refractivity contribution >= 4 is 28.1 Å². The molecule has 9 heteroatoms. The van der Waals surface area contributed by atoms with Gasteiger partial charge in [-0.1, -0.05) is 30.3 Å². The number of carbonyl (C=O) groups excluding carboxylic acids is 2. The Morgan fingerprint density at radius 3 is 2.35 bits per heavy atom. The van der Waals surface area contributed by atoms with E-state index in [0.717, 1.165) is 5.56 Å². The molecule has 0 unspecified atom stereocenters. The van der Waals surface area contributed by atoms with Gasteiger partial charge >= 0.3 is 6.09 Å². The number of nitrogens with zero attached hydrogens (tertiary/aromatic N) is 2. The molecular weight excluding hydrogens is 358 g/mol. The van der Waals surface area contributed by atoms with Gasteiger partial charge in [0.15, 0.2) is 0 Å². The first kappa shape index (κ1) is 20.1. The van der Waals surface area contributed by atoms with Crippen LogP contribution in [0.25, 0.3) is 6.08 Å². The highest BCUT2D eigenvalue weighted by molar-refractivity contribution is 7.92. The van der Waals surface area contributed by atoms with Crippen molar-refractivity contribution in [1.82, 2.24) is 14.5 Å². The van der Waals surface area contributed by atoms with E-state index in [1.54, 1.807) is 13.0 Å². The molecule has 1 aliphatic rings. The van der Waals surface area contributed by atoms with E-state index >= 15 is 0 Å². The number of hydrogen-bond acceptors (Lipinski definition) is 6. The van der Waals surface area contributed by atoms with Gasteiger partial charge in [-0.15, -0.1) is 0 Å². The highest BCUT2D eigenvalue weighted by atomic mass is 32.2. The average molecular weight is 381 g/mol. The lowest BCUT2D eigenvalue weighted by molar-refractivity contribution is -0.125. The Labute approximate surface area is 153 Å². The van der Waals surface area contributed by atoms with Gasteiger partial charge in [0.25, 0.3) is 0 Å². The van der Waals surface area contributed by atoms with Gasteiger partial charge in [-0.2, -0.15) is 4.31 Å². The molecule has 1 heterocycles. The van der Waals surface area contributed by atoms with Crippen molar-refractivity contribution in [2.45, 2.75) is 13.0 Å². The molecule has 1 aromatic carbocycles. The van der Waals surface area contributed by atoms with Crippen molar-refractivity contribution in [2.24, 2.45) is 0 Å². The Kier molecular flexibility index (Phi) is 6.90. The quantitative estimate of drug-likeness (QED) is 0.813. The molecule has 1 atom stereocenters. The first-order valence-electron chi connectivity index (χ1n) is 8.19. The van der Waals surface area contributed by atoms with Crippen LogP contribution < -0.4 is 5.32 Å². The van der Waals surface area contributed by atoms with E-state index in [2.05, 4.69) is 10.1 Å². The Balaban J connectivity index is 1.91. The van der Waals surface area contributed by atoms with Crippen LogP contribution in [0, 0.1) is 0 Å². The van der Waals surface area contributed by atoms with E-state index in [4.69, 9.17) is 0 Å². The van der Waals surface area contributed by atoms with Crippen molar-refractivity contribution in [3.8, 4) is 0 Å². The molecule has 1 fully saturated rings. The number of methoxy groups -OCH3 is 1. The Morgan fingerprint density at radius 2 is 1.77 bits per heavy atom. The lowest BCUT2D eigenvalue weighted by atomic mass is 10.2. The molecule has 1 N–H and O–H groups in total. The lowest BCUT2D eigenvalue weighted by Gasteiger charge is -2.36. The van der Waals surface area contributed by atoms with Gasteiger partial charge in [0, 0.05) is 31.6 Å². The maximum absolute atomic E-state index is 12.4. The first-order valence-corrected chi connectivity index (χ1v) is 9.70.